The quantitative estimate of drug-likeness (QED) is 0.852. The van der Waals surface area contributed by atoms with Crippen LogP contribution in [-0.2, 0) is 13.0 Å². The summed E-state index contributed by atoms with van der Waals surface area (Å²) in [6, 6.07) is 2.79. The molecule has 1 aromatic heterocycles. The van der Waals surface area contributed by atoms with E-state index in [0.29, 0.717) is 9.50 Å². The van der Waals surface area contributed by atoms with E-state index in [1.165, 1.54) is 23.5 Å². The molecule has 1 aromatic carbocycles. The van der Waals surface area contributed by atoms with Crippen molar-refractivity contribution in [1.29, 1.82) is 5.41 Å². The minimum atomic E-state index is -4.67. The van der Waals surface area contributed by atoms with Gasteiger partial charge in [-0.15, -0.1) is 13.2 Å². The number of alkyl halides is 3. The Labute approximate surface area is 104 Å². The fourth-order valence-electron chi connectivity index (χ4n) is 2.31. The average molecular weight is 274 g/mol. The van der Waals surface area contributed by atoms with Crippen LogP contribution in [0.2, 0.25) is 0 Å². The molecule has 1 aliphatic heterocycles. The number of rotatable bonds is 1. The highest BCUT2D eigenvalue weighted by molar-refractivity contribution is 7.16. The molecule has 0 radical (unpaired) electrons. The summed E-state index contributed by atoms with van der Waals surface area (Å²) < 4.78 is 43.1. The molecule has 0 bridgehead atoms. The Balaban J connectivity index is 2.19. The molecule has 0 spiro atoms. The van der Waals surface area contributed by atoms with Crippen LogP contribution >= 0.6 is 11.3 Å². The van der Waals surface area contributed by atoms with Crippen LogP contribution in [0.25, 0.3) is 10.2 Å². The Morgan fingerprint density at radius 3 is 2.83 bits per heavy atom. The predicted octanol–water partition coefficient (Wildman–Crippen LogP) is 3.03. The van der Waals surface area contributed by atoms with Crippen molar-refractivity contribution >= 4 is 21.6 Å². The van der Waals surface area contributed by atoms with Crippen molar-refractivity contribution in [3.63, 3.8) is 0 Å². The van der Waals surface area contributed by atoms with Gasteiger partial charge in [0.2, 0.25) is 0 Å². The summed E-state index contributed by atoms with van der Waals surface area (Å²) in [6.07, 6.45) is -3.11. The van der Waals surface area contributed by atoms with Gasteiger partial charge in [-0.1, -0.05) is 11.3 Å². The third-order valence-electron chi connectivity index (χ3n) is 2.91. The summed E-state index contributed by atoms with van der Waals surface area (Å²) in [6.45, 7) is 0.755. The van der Waals surface area contributed by atoms with Crippen LogP contribution in [0.15, 0.2) is 12.1 Å². The summed E-state index contributed by atoms with van der Waals surface area (Å²) >= 11 is 1.18. The first kappa shape index (κ1) is 11.6. The highest BCUT2D eigenvalue weighted by Gasteiger charge is 2.31. The first-order valence-corrected chi connectivity index (χ1v) is 6.22. The van der Waals surface area contributed by atoms with Crippen molar-refractivity contribution in [3.8, 4) is 5.75 Å². The lowest BCUT2D eigenvalue weighted by molar-refractivity contribution is -0.274. The maximum absolute atomic E-state index is 12.2. The van der Waals surface area contributed by atoms with Gasteiger partial charge in [0, 0.05) is 6.54 Å². The van der Waals surface area contributed by atoms with Crippen LogP contribution in [0.1, 0.15) is 12.0 Å². The number of benzene rings is 1. The molecule has 0 fully saturated rings. The molecule has 0 saturated carbocycles. The van der Waals surface area contributed by atoms with E-state index in [0.717, 1.165) is 30.5 Å². The van der Waals surface area contributed by atoms with Gasteiger partial charge in [-0.3, -0.25) is 5.41 Å². The molecular weight excluding hydrogens is 265 g/mol. The number of halogens is 3. The Morgan fingerprint density at radius 1 is 1.33 bits per heavy atom. The van der Waals surface area contributed by atoms with Crippen LogP contribution in [-0.4, -0.2) is 10.9 Å². The Bertz CT molecular complexity index is 671. The first-order valence-electron chi connectivity index (χ1n) is 5.41. The number of aromatic nitrogens is 1. The van der Waals surface area contributed by atoms with E-state index in [9.17, 15) is 13.2 Å². The molecule has 2 heterocycles. The molecule has 2 aromatic rings. The molecule has 1 aliphatic rings. The van der Waals surface area contributed by atoms with Crippen molar-refractivity contribution in [3.05, 3.63) is 22.5 Å². The second-order valence-electron chi connectivity index (χ2n) is 4.14. The number of hydrogen-bond acceptors (Lipinski definition) is 3. The zero-order valence-electron chi connectivity index (χ0n) is 9.17. The minimum absolute atomic E-state index is 0.194. The molecule has 3 nitrogen and oxygen atoms in total. The van der Waals surface area contributed by atoms with E-state index >= 15 is 0 Å². The fourth-order valence-corrected chi connectivity index (χ4v) is 3.32. The van der Waals surface area contributed by atoms with Crippen LogP contribution in [0, 0.1) is 5.41 Å². The third kappa shape index (κ3) is 1.88. The molecule has 0 amide bonds. The summed E-state index contributed by atoms with van der Waals surface area (Å²) in [5, 5.41) is 7.80. The third-order valence-corrected chi connectivity index (χ3v) is 3.86. The summed E-state index contributed by atoms with van der Waals surface area (Å²) in [4.78, 5) is 0.370. The maximum atomic E-state index is 12.2. The molecule has 7 heteroatoms. The SMILES string of the molecule is N=c1sc2cc(OC(F)(F)F)cc3c2n1CCC3. The van der Waals surface area contributed by atoms with Gasteiger partial charge in [-0.25, -0.2) is 0 Å². The van der Waals surface area contributed by atoms with Crippen LogP contribution < -0.4 is 9.54 Å². The van der Waals surface area contributed by atoms with Gasteiger partial charge in [-0.05, 0) is 30.5 Å². The maximum Gasteiger partial charge on any atom is 0.573 e. The van der Waals surface area contributed by atoms with E-state index in [-0.39, 0.29) is 5.75 Å². The molecule has 1 N–H and O–H groups in total. The molecular formula is C11H9F3N2OS. The van der Waals surface area contributed by atoms with Crippen LogP contribution in [0.4, 0.5) is 13.2 Å². The standard InChI is InChI=1S/C11H9F3N2OS/c12-11(13,14)17-7-4-6-2-1-3-16-9(6)8(5-7)18-10(16)15/h4-5,15H,1-3H2. The van der Waals surface area contributed by atoms with Gasteiger partial charge >= 0.3 is 6.36 Å². The topological polar surface area (TPSA) is 38.0 Å². The van der Waals surface area contributed by atoms with Crippen LogP contribution in [0.3, 0.4) is 0 Å². The number of thiazole rings is 1. The van der Waals surface area contributed by atoms with Gasteiger partial charge in [0.15, 0.2) is 4.80 Å². The number of nitrogens with one attached hydrogen (secondary N) is 1. The minimum Gasteiger partial charge on any atom is -0.406 e. The lowest BCUT2D eigenvalue weighted by Crippen LogP contribution is -2.19. The molecule has 18 heavy (non-hydrogen) atoms. The lowest BCUT2D eigenvalue weighted by Gasteiger charge is -2.16. The molecule has 96 valence electrons. The summed E-state index contributed by atoms with van der Waals surface area (Å²) in [5.41, 5.74) is 1.71. The summed E-state index contributed by atoms with van der Waals surface area (Å²) in [5.74, 6) is -0.194. The van der Waals surface area contributed by atoms with E-state index in [1.807, 2.05) is 4.57 Å². The van der Waals surface area contributed by atoms with Gasteiger partial charge < -0.3 is 9.30 Å². The second-order valence-corrected chi connectivity index (χ2v) is 5.17. The lowest BCUT2D eigenvalue weighted by atomic mass is 10.0. The molecule has 0 aliphatic carbocycles. The first-order chi connectivity index (χ1) is 8.44. The van der Waals surface area contributed by atoms with Crippen molar-refractivity contribution in [2.45, 2.75) is 25.7 Å². The van der Waals surface area contributed by atoms with Gasteiger partial charge in [-0.2, -0.15) is 0 Å². The van der Waals surface area contributed by atoms with Crippen LogP contribution in [0.5, 0.6) is 5.75 Å². The fraction of sp³-hybridized carbons (Fsp3) is 0.364. The van der Waals surface area contributed by atoms with Crippen molar-refractivity contribution in [2.24, 2.45) is 0 Å². The highest BCUT2D eigenvalue weighted by atomic mass is 32.1. The average Bonchev–Trinajstić information content (AvgIpc) is 2.55. The summed E-state index contributed by atoms with van der Waals surface area (Å²) in [7, 11) is 0. The molecule has 0 saturated heterocycles. The highest BCUT2D eigenvalue weighted by Crippen LogP contribution is 2.33. The largest absolute Gasteiger partial charge is 0.573 e. The molecule has 0 atom stereocenters. The number of nitrogens with zero attached hydrogens (tertiary/aromatic N) is 1. The van der Waals surface area contributed by atoms with Crippen molar-refractivity contribution in [2.75, 3.05) is 0 Å². The number of aryl methyl sites for hydroxylation is 2. The Morgan fingerprint density at radius 2 is 2.11 bits per heavy atom. The number of hydrogen-bond donors (Lipinski definition) is 1. The molecule has 3 rings (SSSR count). The molecule has 0 unspecified atom stereocenters. The van der Waals surface area contributed by atoms with Crippen molar-refractivity contribution in [1.82, 2.24) is 4.57 Å². The smallest absolute Gasteiger partial charge is 0.406 e. The van der Waals surface area contributed by atoms with E-state index in [1.54, 1.807) is 0 Å². The second kappa shape index (κ2) is 3.74. The monoisotopic (exact) mass is 274 g/mol. The van der Waals surface area contributed by atoms with Gasteiger partial charge in [0.05, 0.1) is 10.2 Å². The Kier molecular flexibility index (Phi) is 2.41. The van der Waals surface area contributed by atoms with E-state index < -0.39 is 6.36 Å². The van der Waals surface area contributed by atoms with E-state index in [2.05, 4.69) is 4.74 Å². The normalized spacial score (nSPS) is 15.1. The van der Waals surface area contributed by atoms with E-state index in [4.69, 9.17) is 5.41 Å². The van der Waals surface area contributed by atoms with Gasteiger partial charge in [0.25, 0.3) is 0 Å². The zero-order chi connectivity index (χ0) is 12.9. The predicted molar refractivity (Wildman–Crippen MR) is 60.7 cm³/mol. The Hall–Kier alpha value is -1.50. The zero-order valence-corrected chi connectivity index (χ0v) is 9.99. The van der Waals surface area contributed by atoms with Gasteiger partial charge in [0.1, 0.15) is 5.75 Å². The number of ether oxygens (including phenoxy) is 1. The van der Waals surface area contributed by atoms with Crippen molar-refractivity contribution < 1.29 is 17.9 Å².